The van der Waals surface area contributed by atoms with Gasteiger partial charge in [0.2, 0.25) is 0 Å². The summed E-state index contributed by atoms with van der Waals surface area (Å²) in [5.74, 6) is 0.722. The van der Waals surface area contributed by atoms with Crippen LogP contribution in [-0.2, 0) is 13.0 Å². The molecular weight excluding hydrogens is 266 g/mol. The molecule has 0 saturated carbocycles. The molecule has 1 unspecified atom stereocenters. The van der Waals surface area contributed by atoms with Gasteiger partial charge in [0.1, 0.15) is 0 Å². The summed E-state index contributed by atoms with van der Waals surface area (Å²) in [4.78, 5) is 14.7. The van der Waals surface area contributed by atoms with Gasteiger partial charge in [0.15, 0.2) is 5.69 Å². The molecule has 0 radical (unpaired) electrons. The Labute approximate surface area is 125 Å². The molecule has 1 aromatic heterocycles. The van der Waals surface area contributed by atoms with Crippen LogP contribution in [0.4, 0.5) is 0 Å². The Bertz CT molecular complexity index is 498. The average molecular weight is 291 g/mol. The van der Waals surface area contributed by atoms with Crippen LogP contribution in [0.15, 0.2) is 0 Å². The number of carbonyl (C=O) groups is 1. The van der Waals surface area contributed by atoms with Crippen LogP contribution in [-0.4, -0.2) is 53.7 Å². The molecule has 0 aromatic carbocycles. The second-order valence-electron chi connectivity index (χ2n) is 6.26. The van der Waals surface area contributed by atoms with Gasteiger partial charge in [-0.05, 0) is 25.3 Å². The zero-order chi connectivity index (χ0) is 14.7. The van der Waals surface area contributed by atoms with Crippen molar-refractivity contribution < 1.29 is 4.79 Å². The van der Waals surface area contributed by atoms with E-state index in [0.29, 0.717) is 12.2 Å². The number of carbonyl (C=O) groups excluding carboxylic acids is 1. The molecule has 1 fully saturated rings. The Hall–Kier alpha value is -1.40. The first-order valence-corrected chi connectivity index (χ1v) is 8.01. The van der Waals surface area contributed by atoms with E-state index in [0.717, 1.165) is 56.3 Å². The smallest absolute Gasteiger partial charge is 0.272 e. The number of piperidine rings is 1. The number of aromatic nitrogens is 2. The molecule has 1 amide bonds. The predicted octanol–water partition coefficient (Wildman–Crippen LogP) is 0.517. The number of nitrogens with one attached hydrogen (secondary N) is 3. The van der Waals surface area contributed by atoms with Crippen LogP contribution in [0, 0.1) is 5.92 Å². The standard InChI is InChI=1S/C15H25N5O/c1-11-3-2-7-20(10-11)8-6-17-15(21)14-12-9-16-5-4-13(12)18-19-14/h11,16H,2-10H2,1H3,(H,17,21)(H,18,19). The van der Waals surface area contributed by atoms with Crippen LogP contribution in [0.25, 0.3) is 0 Å². The third-order valence-electron chi connectivity index (χ3n) is 4.48. The van der Waals surface area contributed by atoms with Crippen LogP contribution in [0.3, 0.4) is 0 Å². The Morgan fingerprint density at radius 1 is 1.52 bits per heavy atom. The van der Waals surface area contributed by atoms with Gasteiger partial charge in [-0.1, -0.05) is 6.92 Å². The lowest BCUT2D eigenvalue weighted by Gasteiger charge is -2.30. The van der Waals surface area contributed by atoms with Gasteiger partial charge in [0, 0.05) is 50.4 Å². The minimum absolute atomic E-state index is 0.0544. The maximum atomic E-state index is 12.2. The number of rotatable bonds is 4. The summed E-state index contributed by atoms with van der Waals surface area (Å²) in [5.41, 5.74) is 2.69. The van der Waals surface area contributed by atoms with Crippen molar-refractivity contribution in [1.82, 2.24) is 25.7 Å². The molecule has 0 spiro atoms. The summed E-state index contributed by atoms with van der Waals surface area (Å²) in [6, 6.07) is 0. The van der Waals surface area contributed by atoms with Gasteiger partial charge in [-0.2, -0.15) is 5.10 Å². The van der Waals surface area contributed by atoms with Gasteiger partial charge in [-0.15, -0.1) is 0 Å². The van der Waals surface area contributed by atoms with E-state index >= 15 is 0 Å². The van der Waals surface area contributed by atoms with E-state index in [1.807, 2.05) is 0 Å². The van der Waals surface area contributed by atoms with Crippen molar-refractivity contribution in [1.29, 1.82) is 0 Å². The van der Waals surface area contributed by atoms with Crippen molar-refractivity contribution in [3.05, 3.63) is 17.0 Å². The summed E-state index contributed by atoms with van der Waals surface area (Å²) in [7, 11) is 0. The van der Waals surface area contributed by atoms with Gasteiger partial charge in [0.25, 0.3) is 5.91 Å². The van der Waals surface area contributed by atoms with Gasteiger partial charge in [0.05, 0.1) is 0 Å². The number of amides is 1. The minimum Gasteiger partial charge on any atom is -0.349 e. The molecule has 1 saturated heterocycles. The molecular formula is C15H25N5O. The van der Waals surface area contributed by atoms with Gasteiger partial charge in [-0.3, -0.25) is 9.89 Å². The van der Waals surface area contributed by atoms with Crippen molar-refractivity contribution in [2.45, 2.75) is 32.7 Å². The second-order valence-corrected chi connectivity index (χ2v) is 6.26. The molecule has 1 aromatic rings. The summed E-state index contributed by atoms with van der Waals surface area (Å²) in [6.45, 7) is 7.91. The topological polar surface area (TPSA) is 73.0 Å². The van der Waals surface area contributed by atoms with Crippen molar-refractivity contribution in [2.24, 2.45) is 5.92 Å². The Kier molecular flexibility index (Phi) is 4.55. The highest BCUT2D eigenvalue weighted by Crippen LogP contribution is 2.16. The molecule has 3 N–H and O–H groups in total. The highest BCUT2D eigenvalue weighted by molar-refractivity contribution is 5.94. The SMILES string of the molecule is CC1CCCN(CCNC(=O)c2n[nH]c3c2CNCC3)C1. The van der Waals surface area contributed by atoms with E-state index in [9.17, 15) is 4.79 Å². The Balaban J connectivity index is 1.49. The summed E-state index contributed by atoms with van der Waals surface area (Å²) in [5, 5.41) is 13.5. The van der Waals surface area contributed by atoms with Gasteiger partial charge in [-0.25, -0.2) is 0 Å². The van der Waals surface area contributed by atoms with Crippen molar-refractivity contribution in [2.75, 3.05) is 32.7 Å². The lowest BCUT2D eigenvalue weighted by atomic mass is 10.0. The number of fused-ring (bicyclic) bond motifs is 1. The fourth-order valence-electron chi connectivity index (χ4n) is 3.31. The molecule has 116 valence electrons. The maximum absolute atomic E-state index is 12.2. The molecule has 3 heterocycles. The number of nitrogens with zero attached hydrogens (tertiary/aromatic N) is 2. The minimum atomic E-state index is -0.0544. The average Bonchev–Trinajstić information content (AvgIpc) is 2.91. The monoisotopic (exact) mass is 291 g/mol. The number of aromatic amines is 1. The number of hydrogen-bond donors (Lipinski definition) is 3. The molecule has 1 atom stereocenters. The molecule has 3 rings (SSSR count). The van der Waals surface area contributed by atoms with E-state index in [2.05, 4.69) is 32.7 Å². The summed E-state index contributed by atoms with van der Waals surface area (Å²) in [6.07, 6.45) is 3.52. The lowest BCUT2D eigenvalue weighted by Crippen LogP contribution is -2.40. The summed E-state index contributed by atoms with van der Waals surface area (Å²) < 4.78 is 0. The Morgan fingerprint density at radius 3 is 3.29 bits per heavy atom. The van der Waals surface area contributed by atoms with Crippen LogP contribution < -0.4 is 10.6 Å². The highest BCUT2D eigenvalue weighted by Gasteiger charge is 2.21. The number of H-pyrrole nitrogens is 1. The Morgan fingerprint density at radius 2 is 2.43 bits per heavy atom. The first kappa shape index (κ1) is 14.5. The first-order chi connectivity index (χ1) is 10.2. The molecule has 0 bridgehead atoms. The van der Waals surface area contributed by atoms with E-state index in [1.54, 1.807) is 0 Å². The normalized spacial score (nSPS) is 22.8. The zero-order valence-corrected chi connectivity index (χ0v) is 12.7. The zero-order valence-electron chi connectivity index (χ0n) is 12.7. The first-order valence-electron chi connectivity index (χ1n) is 8.01. The third-order valence-corrected chi connectivity index (χ3v) is 4.48. The fraction of sp³-hybridized carbons (Fsp3) is 0.733. The lowest BCUT2D eigenvalue weighted by molar-refractivity contribution is 0.0937. The molecule has 0 aliphatic carbocycles. The maximum Gasteiger partial charge on any atom is 0.272 e. The fourth-order valence-corrected chi connectivity index (χ4v) is 3.31. The molecule has 6 nitrogen and oxygen atoms in total. The van der Waals surface area contributed by atoms with Crippen molar-refractivity contribution in [3.63, 3.8) is 0 Å². The summed E-state index contributed by atoms with van der Waals surface area (Å²) >= 11 is 0. The largest absolute Gasteiger partial charge is 0.349 e. The van der Waals surface area contributed by atoms with Crippen molar-refractivity contribution in [3.8, 4) is 0 Å². The van der Waals surface area contributed by atoms with Gasteiger partial charge < -0.3 is 15.5 Å². The molecule has 2 aliphatic heterocycles. The third kappa shape index (κ3) is 3.44. The predicted molar refractivity (Wildman–Crippen MR) is 81.2 cm³/mol. The number of likely N-dealkylation sites (tertiary alicyclic amines) is 1. The second kappa shape index (κ2) is 6.58. The van der Waals surface area contributed by atoms with E-state index in [4.69, 9.17) is 0 Å². The van der Waals surface area contributed by atoms with E-state index in [1.165, 1.54) is 12.8 Å². The van der Waals surface area contributed by atoms with Crippen LogP contribution >= 0.6 is 0 Å². The van der Waals surface area contributed by atoms with Crippen LogP contribution in [0.1, 0.15) is 41.5 Å². The molecule has 2 aliphatic rings. The molecule has 6 heteroatoms. The van der Waals surface area contributed by atoms with E-state index < -0.39 is 0 Å². The number of hydrogen-bond acceptors (Lipinski definition) is 4. The van der Waals surface area contributed by atoms with Crippen LogP contribution in [0.5, 0.6) is 0 Å². The molecule has 21 heavy (non-hydrogen) atoms. The van der Waals surface area contributed by atoms with E-state index in [-0.39, 0.29) is 5.91 Å². The quantitative estimate of drug-likeness (QED) is 0.756. The van der Waals surface area contributed by atoms with Crippen molar-refractivity contribution >= 4 is 5.91 Å². The van der Waals surface area contributed by atoms with Gasteiger partial charge >= 0.3 is 0 Å². The van der Waals surface area contributed by atoms with Crippen LogP contribution in [0.2, 0.25) is 0 Å². The highest BCUT2D eigenvalue weighted by atomic mass is 16.1.